The molecule has 0 bridgehead atoms. The topological polar surface area (TPSA) is 82.5 Å². The molecule has 0 spiro atoms. The van der Waals surface area contributed by atoms with Gasteiger partial charge in [-0.15, -0.1) is 24.8 Å². The third-order valence-corrected chi connectivity index (χ3v) is 7.47. The second-order valence-corrected chi connectivity index (χ2v) is 9.51. The van der Waals surface area contributed by atoms with Crippen molar-refractivity contribution in [3.63, 3.8) is 0 Å². The third kappa shape index (κ3) is 4.47. The minimum Gasteiger partial charge on any atom is -0.493 e. The van der Waals surface area contributed by atoms with Crippen molar-refractivity contribution in [2.75, 3.05) is 60.8 Å². The molecule has 2 aliphatic heterocycles. The van der Waals surface area contributed by atoms with E-state index in [4.69, 9.17) is 18.9 Å². The van der Waals surface area contributed by atoms with Gasteiger partial charge in [0.2, 0.25) is 6.79 Å². The lowest BCUT2D eigenvalue weighted by Crippen LogP contribution is -2.44. The second kappa shape index (κ2) is 11.0. The lowest BCUT2D eigenvalue weighted by molar-refractivity contribution is 0.104. The second-order valence-electron chi connectivity index (χ2n) is 9.51. The van der Waals surface area contributed by atoms with Crippen LogP contribution in [0.4, 0.5) is 0 Å². The average molecular weight is 564 g/mol. The summed E-state index contributed by atoms with van der Waals surface area (Å²) in [6.45, 7) is 5.63. The van der Waals surface area contributed by atoms with Crippen LogP contribution in [0.5, 0.6) is 23.0 Å². The fourth-order valence-electron chi connectivity index (χ4n) is 5.48. The van der Waals surface area contributed by atoms with E-state index in [0.29, 0.717) is 62.7 Å². The molecule has 204 valence electrons. The first-order valence-corrected chi connectivity index (χ1v) is 12.2. The Bertz CT molecular complexity index is 1450. The van der Waals surface area contributed by atoms with Crippen molar-refractivity contribution in [2.45, 2.75) is 13.0 Å². The number of benzene rings is 2. The van der Waals surface area contributed by atoms with Gasteiger partial charge < -0.3 is 33.3 Å². The molecule has 11 heteroatoms. The molecule has 2 aromatic carbocycles. The van der Waals surface area contributed by atoms with Gasteiger partial charge in [-0.3, -0.25) is 9.59 Å². The molecule has 6 rings (SSSR count). The normalized spacial score (nSPS) is 16.0. The summed E-state index contributed by atoms with van der Waals surface area (Å²) in [4.78, 5) is 32.4. The number of fused-ring (bicyclic) bond motifs is 6. The molecular weight excluding hydrogens is 533 g/mol. The fourth-order valence-corrected chi connectivity index (χ4v) is 5.48. The van der Waals surface area contributed by atoms with E-state index < -0.39 is 0 Å². The summed E-state index contributed by atoms with van der Waals surface area (Å²) < 4.78 is 23.9. The van der Waals surface area contributed by atoms with E-state index in [0.717, 1.165) is 39.1 Å². The molecule has 9 nitrogen and oxygen atoms in total. The van der Waals surface area contributed by atoms with Crippen molar-refractivity contribution in [1.82, 2.24) is 14.4 Å². The highest BCUT2D eigenvalue weighted by Gasteiger charge is 2.35. The number of aromatic nitrogens is 1. The standard InChI is InChI=1S/C27H29N3O6.2ClH/c1-28-7-9-29(10-8-28)5-4-6-30-25-17-12-22-23(36-15-35-22)13-18(17)26(31)24(25)16-11-20(33-2)21(34-3)14-19(16)27(30)32;;/h11-14H,4-10,15H2,1-3H3;2*1H. The highest BCUT2D eigenvalue weighted by molar-refractivity contribution is 6.27. The van der Waals surface area contributed by atoms with E-state index in [1.165, 1.54) is 7.11 Å². The van der Waals surface area contributed by atoms with Gasteiger partial charge in [-0.2, -0.15) is 0 Å². The van der Waals surface area contributed by atoms with Crippen LogP contribution in [0, 0.1) is 0 Å². The Morgan fingerprint density at radius 2 is 1.42 bits per heavy atom. The van der Waals surface area contributed by atoms with Gasteiger partial charge in [0.05, 0.1) is 30.9 Å². The smallest absolute Gasteiger partial charge is 0.259 e. The average Bonchev–Trinajstić information content (AvgIpc) is 3.47. The Morgan fingerprint density at radius 3 is 2.05 bits per heavy atom. The van der Waals surface area contributed by atoms with Crippen LogP contribution in [0.1, 0.15) is 22.3 Å². The first-order valence-electron chi connectivity index (χ1n) is 12.2. The number of hydrogen-bond acceptors (Lipinski definition) is 8. The van der Waals surface area contributed by atoms with Crippen LogP contribution >= 0.6 is 24.8 Å². The molecule has 0 atom stereocenters. The van der Waals surface area contributed by atoms with E-state index in [1.807, 2.05) is 6.07 Å². The van der Waals surface area contributed by atoms with Crippen LogP contribution < -0.4 is 24.5 Å². The molecule has 3 heterocycles. The number of hydrogen-bond donors (Lipinski definition) is 0. The zero-order valence-electron chi connectivity index (χ0n) is 21.6. The Labute approximate surface area is 233 Å². The summed E-state index contributed by atoms with van der Waals surface area (Å²) in [5.74, 6) is 1.91. The predicted octanol–water partition coefficient (Wildman–Crippen LogP) is 3.44. The molecule has 1 aromatic heterocycles. The molecule has 3 aromatic rings. The Balaban J connectivity index is 0.00000168. The molecule has 1 fully saturated rings. The highest BCUT2D eigenvalue weighted by Crippen LogP contribution is 2.46. The van der Waals surface area contributed by atoms with Gasteiger partial charge in [-0.25, -0.2) is 0 Å². The minimum absolute atomic E-state index is 0. The molecule has 0 saturated carbocycles. The lowest BCUT2D eigenvalue weighted by Gasteiger charge is -2.32. The van der Waals surface area contributed by atoms with Gasteiger partial charge >= 0.3 is 0 Å². The largest absolute Gasteiger partial charge is 0.493 e. The SMILES string of the molecule is COc1cc2c3c(n(CCCN4CCN(C)CC4)c(=O)c2cc1OC)-c1cc2c(cc1C3=O)OCO2.Cl.Cl. The van der Waals surface area contributed by atoms with Crippen molar-refractivity contribution >= 4 is 41.4 Å². The van der Waals surface area contributed by atoms with Crippen molar-refractivity contribution in [1.29, 1.82) is 0 Å². The maximum atomic E-state index is 13.9. The predicted molar refractivity (Wildman–Crippen MR) is 149 cm³/mol. The highest BCUT2D eigenvalue weighted by atomic mass is 35.5. The molecule has 0 amide bonds. The van der Waals surface area contributed by atoms with Gasteiger partial charge in [-0.05, 0) is 44.3 Å². The molecule has 0 unspecified atom stereocenters. The molecule has 1 aliphatic carbocycles. The molecule has 0 N–H and O–H groups in total. The zero-order valence-corrected chi connectivity index (χ0v) is 23.2. The third-order valence-electron chi connectivity index (χ3n) is 7.47. The van der Waals surface area contributed by atoms with Gasteiger partial charge in [0.15, 0.2) is 28.8 Å². The first-order chi connectivity index (χ1) is 17.5. The molecule has 1 saturated heterocycles. The van der Waals surface area contributed by atoms with Crippen LogP contribution in [0.3, 0.4) is 0 Å². The number of carbonyl (C=O) groups is 1. The summed E-state index contributed by atoms with van der Waals surface area (Å²) >= 11 is 0. The van der Waals surface area contributed by atoms with Crippen molar-refractivity contribution in [2.24, 2.45) is 0 Å². The van der Waals surface area contributed by atoms with E-state index in [9.17, 15) is 9.59 Å². The minimum atomic E-state index is -0.151. The van der Waals surface area contributed by atoms with Crippen LogP contribution in [0.15, 0.2) is 29.1 Å². The van der Waals surface area contributed by atoms with Crippen LogP contribution in [0.2, 0.25) is 0 Å². The number of halogens is 2. The van der Waals surface area contributed by atoms with Crippen molar-refractivity contribution in [3.8, 4) is 34.3 Å². The van der Waals surface area contributed by atoms with E-state index in [1.54, 1.807) is 29.9 Å². The summed E-state index contributed by atoms with van der Waals surface area (Å²) in [5.41, 5.74) is 2.21. The number of pyridine rings is 1. The lowest BCUT2D eigenvalue weighted by atomic mass is 10.0. The van der Waals surface area contributed by atoms with Crippen molar-refractivity contribution < 1.29 is 23.7 Å². The Hall–Kier alpha value is -2.98. The maximum absolute atomic E-state index is 13.9. The number of likely N-dealkylation sites (N-methyl/N-ethyl adjacent to an activating group) is 1. The monoisotopic (exact) mass is 563 g/mol. The van der Waals surface area contributed by atoms with Crippen LogP contribution in [-0.2, 0) is 6.54 Å². The van der Waals surface area contributed by atoms with Gasteiger partial charge in [0.25, 0.3) is 5.56 Å². The molecule has 0 radical (unpaired) electrons. The fraction of sp³-hybridized carbons (Fsp3) is 0.407. The molecular formula is C27H31Cl2N3O6. The maximum Gasteiger partial charge on any atom is 0.259 e. The number of ether oxygens (including phenoxy) is 4. The summed E-state index contributed by atoms with van der Waals surface area (Å²) in [6, 6.07) is 6.96. The number of rotatable bonds is 6. The number of nitrogens with zero attached hydrogens (tertiary/aromatic N) is 3. The number of piperazine rings is 1. The Morgan fingerprint density at radius 1 is 0.816 bits per heavy atom. The molecule has 38 heavy (non-hydrogen) atoms. The summed E-state index contributed by atoms with van der Waals surface area (Å²) in [6.07, 6.45) is 0.795. The quantitative estimate of drug-likeness (QED) is 0.353. The number of carbonyl (C=O) groups excluding carboxylic acids is 1. The van der Waals surface area contributed by atoms with Gasteiger partial charge in [0, 0.05) is 49.2 Å². The molecule has 3 aliphatic rings. The van der Waals surface area contributed by atoms with Gasteiger partial charge in [-0.1, -0.05) is 0 Å². The zero-order chi connectivity index (χ0) is 25.0. The first kappa shape index (κ1) is 28.0. The van der Waals surface area contributed by atoms with Gasteiger partial charge in [0.1, 0.15) is 0 Å². The van der Waals surface area contributed by atoms with E-state index >= 15 is 0 Å². The Kier molecular flexibility index (Phi) is 8.13. The number of ketones is 1. The summed E-state index contributed by atoms with van der Waals surface area (Å²) in [5, 5.41) is 0.998. The van der Waals surface area contributed by atoms with Crippen LogP contribution in [-0.4, -0.2) is 80.9 Å². The van der Waals surface area contributed by atoms with Crippen LogP contribution in [0.25, 0.3) is 22.0 Å². The van der Waals surface area contributed by atoms with E-state index in [2.05, 4.69) is 16.8 Å². The number of methoxy groups -OCH3 is 2. The summed E-state index contributed by atoms with van der Waals surface area (Å²) in [7, 11) is 5.21. The van der Waals surface area contributed by atoms with E-state index in [-0.39, 0.29) is 42.9 Å². The van der Waals surface area contributed by atoms with Crippen molar-refractivity contribution in [3.05, 3.63) is 45.7 Å².